The van der Waals surface area contributed by atoms with Crippen LogP contribution in [0.2, 0.25) is 0 Å². The van der Waals surface area contributed by atoms with Crippen molar-refractivity contribution < 1.29 is 0 Å². The first-order valence-electron chi connectivity index (χ1n) is 3.61. The molecule has 0 aromatic heterocycles. The molecule has 0 saturated carbocycles. The zero-order chi connectivity index (χ0) is 6.97. The summed E-state index contributed by atoms with van der Waals surface area (Å²) in [6.07, 6.45) is 13.1. The summed E-state index contributed by atoms with van der Waals surface area (Å²) in [7, 11) is 0. The molecule has 0 saturated heterocycles. The standard InChI is InChI=1S/C10H10/c1-8-6-9-4-2-3-5-10(9)7-8/h2-7,9H,1H3. The fourth-order valence-electron chi connectivity index (χ4n) is 1.46. The highest BCUT2D eigenvalue weighted by molar-refractivity contribution is 5.46. The molecule has 0 fully saturated rings. The zero-order valence-corrected chi connectivity index (χ0v) is 6.04. The summed E-state index contributed by atoms with van der Waals surface area (Å²) < 4.78 is 0. The van der Waals surface area contributed by atoms with Gasteiger partial charge in [-0.1, -0.05) is 42.0 Å². The SMILES string of the molecule is CC1=CC2C=CC=CC2=C1. The van der Waals surface area contributed by atoms with Gasteiger partial charge in [-0.05, 0) is 12.5 Å². The smallest absolute Gasteiger partial charge is 0.0207 e. The predicted octanol–water partition coefficient (Wildman–Crippen LogP) is 2.61. The molecule has 0 amide bonds. The topological polar surface area (TPSA) is 0 Å². The van der Waals surface area contributed by atoms with Crippen molar-refractivity contribution >= 4 is 0 Å². The summed E-state index contributed by atoms with van der Waals surface area (Å²) in [6, 6.07) is 0. The average Bonchev–Trinajstić information content (AvgIpc) is 2.27. The van der Waals surface area contributed by atoms with E-state index in [0.29, 0.717) is 5.92 Å². The van der Waals surface area contributed by atoms with E-state index in [1.165, 1.54) is 11.1 Å². The van der Waals surface area contributed by atoms with Gasteiger partial charge in [-0.2, -0.15) is 0 Å². The first-order valence-corrected chi connectivity index (χ1v) is 3.61. The molecule has 1 atom stereocenters. The van der Waals surface area contributed by atoms with Gasteiger partial charge in [0.15, 0.2) is 0 Å². The lowest BCUT2D eigenvalue weighted by Crippen LogP contribution is -1.92. The van der Waals surface area contributed by atoms with Gasteiger partial charge in [-0.3, -0.25) is 0 Å². The normalized spacial score (nSPS) is 27.9. The van der Waals surface area contributed by atoms with Gasteiger partial charge in [0.05, 0.1) is 0 Å². The Balaban J connectivity index is 2.40. The van der Waals surface area contributed by atoms with Crippen LogP contribution in [-0.4, -0.2) is 0 Å². The molecular weight excluding hydrogens is 120 g/mol. The monoisotopic (exact) mass is 130 g/mol. The van der Waals surface area contributed by atoms with Gasteiger partial charge < -0.3 is 0 Å². The molecule has 0 heterocycles. The second-order valence-electron chi connectivity index (χ2n) is 2.82. The minimum atomic E-state index is 0.574. The molecule has 1 unspecified atom stereocenters. The van der Waals surface area contributed by atoms with E-state index in [-0.39, 0.29) is 0 Å². The third-order valence-corrected chi connectivity index (χ3v) is 1.94. The third kappa shape index (κ3) is 0.766. The predicted molar refractivity (Wildman–Crippen MR) is 43.6 cm³/mol. The Morgan fingerprint density at radius 3 is 3.00 bits per heavy atom. The van der Waals surface area contributed by atoms with Gasteiger partial charge in [0.2, 0.25) is 0 Å². The maximum Gasteiger partial charge on any atom is 0.0207 e. The van der Waals surface area contributed by atoms with Crippen LogP contribution in [0, 0.1) is 5.92 Å². The lowest BCUT2D eigenvalue weighted by molar-refractivity contribution is 1.02. The van der Waals surface area contributed by atoms with Gasteiger partial charge in [-0.15, -0.1) is 0 Å². The van der Waals surface area contributed by atoms with Crippen LogP contribution in [-0.2, 0) is 0 Å². The Morgan fingerprint density at radius 1 is 1.30 bits per heavy atom. The summed E-state index contributed by atoms with van der Waals surface area (Å²) in [6.45, 7) is 2.15. The van der Waals surface area contributed by atoms with Gasteiger partial charge in [0, 0.05) is 5.92 Å². The van der Waals surface area contributed by atoms with Crippen LogP contribution in [0.5, 0.6) is 0 Å². The zero-order valence-electron chi connectivity index (χ0n) is 6.04. The van der Waals surface area contributed by atoms with Crippen LogP contribution in [0.4, 0.5) is 0 Å². The van der Waals surface area contributed by atoms with Crippen LogP contribution in [0.1, 0.15) is 6.92 Å². The number of rotatable bonds is 0. The Kier molecular flexibility index (Phi) is 1.13. The molecule has 50 valence electrons. The van der Waals surface area contributed by atoms with Crippen molar-refractivity contribution in [2.45, 2.75) is 6.92 Å². The molecule has 0 aromatic rings. The second-order valence-corrected chi connectivity index (χ2v) is 2.82. The van der Waals surface area contributed by atoms with E-state index in [1.807, 2.05) is 0 Å². The molecule has 0 aromatic carbocycles. The molecule has 2 aliphatic rings. The maximum absolute atomic E-state index is 2.29. The van der Waals surface area contributed by atoms with Crippen molar-refractivity contribution in [2.24, 2.45) is 5.92 Å². The highest BCUT2D eigenvalue weighted by Crippen LogP contribution is 2.28. The molecule has 0 bridgehead atoms. The highest BCUT2D eigenvalue weighted by atomic mass is 14.2. The Morgan fingerprint density at radius 2 is 2.20 bits per heavy atom. The minimum Gasteiger partial charge on any atom is -0.0732 e. The van der Waals surface area contributed by atoms with Gasteiger partial charge in [0.1, 0.15) is 0 Å². The molecule has 0 aliphatic heterocycles. The summed E-state index contributed by atoms with van der Waals surface area (Å²) in [5.74, 6) is 0.574. The summed E-state index contributed by atoms with van der Waals surface area (Å²) in [4.78, 5) is 0. The van der Waals surface area contributed by atoms with E-state index in [9.17, 15) is 0 Å². The van der Waals surface area contributed by atoms with Crippen molar-refractivity contribution in [2.75, 3.05) is 0 Å². The van der Waals surface area contributed by atoms with Crippen LogP contribution >= 0.6 is 0 Å². The maximum atomic E-state index is 2.29. The van der Waals surface area contributed by atoms with Crippen LogP contribution < -0.4 is 0 Å². The molecule has 0 heteroatoms. The van der Waals surface area contributed by atoms with Crippen molar-refractivity contribution in [3.63, 3.8) is 0 Å². The minimum absolute atomic E-state index is 0.574. The molecule has 0 spiro atoms. The second kappa shape index (κ2) is 1.98. The summed E-state index contributed by atoms with van der Waals surface area (Å²) in [5, 5.41) is 0. The van der Waals surface area contributed by atoms with E-state index < -0.39 is 0 Å². The van der Waals surface area contributed by atoms with E-state index in [1.54, 1.807) is 0 Å². The molecule has 2 rings (SSSR count). The fraction of sp³-hybridized carbons (Fsp3) is 0.200. The largest absolute Gasteiger partial charge is 0.0732 e. The number of allylic oxidation sites excluding steroid dienone is 8. The quantitative estimate of drug-likeness (QED) is 0.473. The first kappa shape index (κ1) is 5.72. The van der Waals surface area contributed by atoms with Gasteiger partial charge >= 0.3 is 0 Å². The van der Waals surface area contributed by atoms with Crippen molar-refractivity contribution in [3.05, 3.63) is 47.6 Å². The number of hydrogen-bond donors (Lipinski definition) is 0. The summed E-state index contributed by atoms with van der Waals surface area (Å²) in [5.41, 5.74) is 2.82. The van der Waals surface area contributed by atoms with E-state index >= 15 is 0 Å². The van der Waals surface area contributed by atoms with Crippen molar-refractivity contribution in [1.29, 1.82) is 0 Å². The number of fused-ring (bicyclic) bond motifs is 1. The van der Waals surface area contributed by atoms with Crippen molar-refractivity contribution in [1.82, 2.24) is 0 Å². The van der Waals surface area contributed by atoms with E-state index in [2.05, 4.69) is 43.4 Å². The fourth-order valence-corrected chi connectivity index (χ4v) is 1.46. The highest BCUT2D eigenvalue weighted by Gasteiger charge is 2.12. The lowest BCUT2D eigenvalue weighted by atomic mass is 9.98. The van der Waals surface area contributed by atoms with Crippen LogP contribution in [0.3, 0.4) is 0 Å². The Bertz CT molecular complexity index is 262. The average molecular weight is 130 g/mol. The first-order chi connectivity index (χ1) is 4.86. The van der Waals surface area contributed by atoms with Gasteiger partial charge in [-0.25, -0.2) is 0 Å². The van der Waals surface area contributed by atoms with E-state index in [0.717, 1.165) is 0 Å². The lowest BCUT2D eigenvalue weighted by Gasteiger charge is -2.06. The molecule has 0 nitrogen and oxygen atoms in total. The molecule has 10 heavy (non-hydrogen) atoms. The molecular formula is C10H10. The van der Waals surface area contributed by atoms with Crippen LogP contribution in [0.25, 0.3) is 0 Å². The molecule has 0 radical (unpaired) electrons. The van der Waals surface area contributed by atoms with Gasteiger partial charge in [0.25, 0.3) is 0 Å². The third-order valence-electron chi connectivity index (χ3n) is 1.94. The molecule has 0 N–H and O–H groups in total. The van der Waals surface area contributed by atoms with Crippen LogP contribution in [0.15, 0.2) is 47.6 Å². The van der Waals surface area contributed by atoms with Crippen molar-refractivity contribution in [3.8, 4) is 0 Å². The summed E-state index contributed by atoms with van der Waals surface area (Å²) >= 11 is 0. The Labute approximate surface area is 61.3 Å². The molecule has 2 aliphatic carbocycles. The van der Waals surface area contributed by atoms with E-state index in [4.69, 9.17) is 0 Å². The Hall–Kier alpha value is -1.04. The number of hydrogen-bond acceptors (Lipinski definition) is 0.